The van der Waals surface area contributed by atoms with Crippen molar-refractivity contribution < 1.29 is 10.3 Å². The maximum atomic E-state index is 9.34. The van der Waals surface area contributed by atoms with E-state index in [9.17, 15) is 5.11 Å². The molecule has 0 heterocycles. The lowest BCUT2D eigenvalue weighted by molar-refractivity contribution is 0.216. The highest BCUT2D eigenvalue weighted by Gasteiger charge is 2.24. The van der Waals surface area contributed by atoms with E-state index in [1.165, 1.54) is 0 Å². The highest BCUT2D eigenvalue weighted by molar-refractivity contribution is 6.33. The van der Waals surface area contributed by atoms with Crippen LogP contribution in [0.15, 0.2) is 23.4 Å². The van der Waals surface area contributed by atoms with Crippen LogP contribution in [0.3, 0.4) is 0 Å². The first kappa shape index (κ1) is 14.6. The third-order valence-electron chi connectivity index (χ3n) is 3.01. The Bertz CT molecular complexity index is 461. The van der Waals surface area contributed by atoms with Gasteiger partial charge in [-0.25, -0.2) is 0 Å². The van der Waals surface area contributed by atoms with E-state index in [2.05, 4.69) is 5.16 Å². The molecule has 0 aliphatic heterocycles. The monoisotopic (exact) mass is 271 g/mol. The fourth-order valence-electron chi connectivity index (χ4n) is 1.43. The van der Waals surface area contributed by atoms with Gasteiger partial charge < -0.3 is 20.9 Å². The van der Waals surface area contributed by atoms with Crippen LogP contribution in [-0.2, 0) is 0 Å². The molecule has 4 N–H and O–H groups in total. The van der Waals surface area contributed by atoms with Crippen molar-refractivity contribution in [2.24, 2.45) is 10.9 Å². The Labute approximate surface area is 111 Å². The average Bonchev–Trinajstić information content (AvgIpc) is 2.36. The predicted octanol–water partition coefficient (Wildman–Crippen LogP) is 1.64. The summed E-state index contributed by atoms with van der Waals surface area (Å²) in [7, 11) is 1.85. The van der Waals surface area contributed by atoms with Gasteiger partial charge >= 0.3 is 0 Å². The van der Waals surface area contributed by atoms with Crippen LogP contribution < -0.4 is 10.6 Å². The Morgan fingerprint density at radius 1 is 1.50 bits per heavy atom. The molecule has 0 aromatic heterocycles. The number of likely N-dealkylation sites (N-methyl/N-ethyl adjacent to an activating group) is 1. The lowest BCUT2D eigenvalue weighted by Crippen LogP contribution is -2.44. The number of anilines is 1. The number of nitrogens with zero attached hydrogens (tertiary/aromatic N) is 2. The summed E-state index contributed by atoms with van der Waals surface area (Å²) >= 11 is 6.17. The van der Waals surface area contributed by atoms with Crippen molar-refractivity contribution in [2.75, 3.05) is 18.6 Å². The fourth-order valence-corrected chi connectivity index (χ4v) is 1.74. The zero-order chi connectivity index (χ0) is 13.9. The summed E-state index contributed by atoms with van der Waals surface area (Å²) in [5.74, 6) is 0.00696. The Kier molecular flexibility index (Phi) is 4.43. The predicted molar refractivity (Wildman–Crippen MR) is 73.5 cm³/mol. The summed E-state index contributed by atoms with van der Waals surface area (Å²) in [5.41, 5.74) is 6.37. The lowest BCUT2D eigenvalue weighted by atomic mass is 10.0. The van der Waals surface area contributed by atoms with Crippen LogP contribution in [-0.4, -0.2) is 35.3 Å². The van der Waals surface area contributed by atoms with Crippen LogP contribution in [0, 0.1) is 0 Å². The first-order chi connectivity index (χ1) is 8.33. The molecule has 0 spiro atoms. The third kappa shape index (κ3) is 2.86. The molecule has 0 aliphatic rings. The summed E-state index contributed by atoms with van der Waals surface area (Å²) in [4.78, 5) is 1.88. The molecule has 5 nitrogen and oxygen atoms in total. The number of hydrogen-bond acceptors (Lipinski definition) is 4. The van der Waals surface area contributed by atoms with Gasteiger partial charge in [0.25, 0.3) is 0 Å². The van der Waals surface area contributed by atoms with E-state index in [0.717, 1.165) is 5.69 Å². The van der Waals surface area contributed by atoms with Gasteiger partial charge in [0.15, 0.2) is 5.84 Å². The zero-order valence-electron chi connectivity index (χ0n) is 10.7. The van der Waals surface area contributed by atoms with E-state index in [-0.39, 0.29) is 12.4 Å². The van der Waals surface area contributed by atoms with E-state index >= 15 is 0 Å². The Morgan fingerprint density at radius 2 is 2.11 bits per heavy atom. The van der Waals surface area contributed by atoms with Crippen molar-refractivity contribution >= 4 is 23.1 Å². The summed E-state index contributed by atoms with van der Waals surface area (Å²) in [5, 5.41) is 21.3. The molecular weight excluding hydrogens is 254 g/mol. The van der Waals surface area contributed by atoms with Crippen LogP contribution in [0.25, 0.3) is 0 Å². The Hall–Kier alpha value is -1.46. The fraction of sp³-hybridized carbons (Fsp3) is 0.417. The smallest absolute Gasteiger partial charge is 0.170 e. The summed E-state index contributed by atoms with van der Waals surface area (Å²) in [6, 6.07) is 5.10. The minimum absolute atomic E-state index is 0.00180. The second kappa shape index (κ2) is 5.46. The van der Waals surface area contributed by atoms with Gasteiger partial charge in [-0.15, -0.1) is 0 Å². The molecule has 6 heteroatoms. The van der Waals surface area contributed by atoms with Gasteiger partial charge in [0.2, 0.25) is 0 Å². The second-order valence-corrected chi connectivity index (χ2v) is 5.09. The van der Waals surface area contributed by atoms with Crippen LogP contribution in [0.5, 0.6) is 0 Å². The molecular formula is C12H18ClN3O2. The quantitative estimate of drug-likeness (QED) is 0.337. The molecule has 1 aromatic carbocycles. The summed E-state index contributed by atoms with van der Waals surface area (Å²) in [6.07, 6.45) is 0. The third-order valence-corrected chi connectivity index (χ3v) is 3.31. The summed E-state index contributed by atoms with van der Waals surface area (Å²) < 4.78 is 0. The highest BCUT2D eigenvalue weighted by Crippen LogP contribution is 2.30. The van der Waals surface area contributed by atoms with Crippen LogP contribution in [0.2, 0.25) is 5.02 Å². The molecule has 0 aliphatic carbocycles. The van der Waals surface area contributed by atoms with E-state index in [0.29, 0.717) is 10.6 Å². The molecule has 0 unspecified atom stereocenters. The number of benzene rings is 1. The van der Waals surface area contributed by atoms with E-state index in [1.54, 1.807) is 18.2 Å². The SMILES string of the molecule is CN(c1ccc(/C(N)=N/O)cc1Cl)C(C)(C)CO. The van der Waals surface area contributed by atoms with Crippen molar-refractivity contribution in [3.63, 3.8) is 0 Å². The minimum Gasteiger partial charge on any atom is -0.409 e. The van der Waals surface area contributed by atoms with Crippen molar-refractivity contribution in [3.05, 3.63) is 28.8 Å². The molecule has 18 heavy (non-hydrogen) atoms. The first-order valence-corrected chi connectivity index (χ1v) is 5.83. The van der Waals surface area contributed by atoms with E-state index < -0.39 is 5.54 Å². The average molecular weight is 272 g/mol. The number of amidine groups is 1. The first-order valence-electron chi connectivity index (χ1n) is 5.45. The van der Waals surface area contributed by atoms with E-state index in [1.807, 2.05) is 25.8 Å². The largest absolute Gasteiger partial charge is 0.409 e. The molecule has 1 rings (SSSR count). The van der Waals surface area contributed by atoms with Gasteiger partial charge in [0.05, 0.1) is 22.9 Å². The van der Waals surface area contributed by atoms with Crippen molar-refractivity contribution in [1.82, 2.24) is 0 Å². The summed E-state index contributed by atoms with van der Waals surface area (Å²) in [6.45, 7) is 3.81. The molecule has 0 saturated carbocycles. The van der Waals surface area contributed by atoms with Crippen molar-refractivity contribution in [1.29, 1.82) is 0 Å². The van der Waals surface area contributed by atoms with Crippen molar-refractivity contribution in [2.45, 2.75) is 19.4 Å². The number of nitrogens with two attached hydrogens (primary N) is 1. The lowest BCUT2D eigenvalue weighted by Gasteiger charge is -2.36. The molecule has 0 saturated heterocycles. The molecule has 100 valence electrons. The normalized spacial score (nSPS) is 12.6. The molecule has 0 atom stereocenters. The molecule has 0 bridgehead atoms. The van der Waals surface area contributed by atoms with Crippen molar-refractivity contribution in [3.8, 4) is 0 Å². The molecule has 1 aromatic rings. The van der Waals surface area contributed by atoms with Gasteiger partial charge in [0.1, 0.15) is 0 Å². The number of rotatable bonds is 4. The highest BCUT2D eigenvalue weighted by atomic mass is 35.5. The minimum atomic E-state index is -0.429. The maximum Gasteiger partial charge on any atom is 0.170 e. The van der Waals surface area contributed by atoms with Gasteiger partial charge in [-0.2, -0.15) is 0 Å². The number of oxime groups is 1. The van der Waals surface area contributed by atoms with Gasteiger partial charge in [-0.05, 0) is 32.0 Å². The Morgan fingerprint density at radius 3 is 2.56 bits per heavy atom. The van der Waals surface area contributed by atoms with Gasteiger partial charge in [0, 0.05) is 12.6 Å². The van der Waals surface area contributed by atoms with Gasteiger partial charge in [-0.3, -0.25) is 0 Å². The number of aliphatic hydroxyl groups is 1. The number of halogens is 1. The second-order valence-electron chi connectivity index (χ2n) is 4.68. The molecule has 0 fully saturated rings. The van der Waals surface area contributed by atoms with Gasteiger partial charge in [-0.1, -0.05) is 16.8 Å². The Balaban J connectivity index is 3.14. The van der Waals surface area contributed by atoms with Crippen LogP contribution in [0.1, 0.15) is 19.4 Å². The molecule has 0 amide bonds. The topological polar surface area (TPSA) is 82.1 Å². The maximum absolute atomic E-state index is 9.34. The van der Waals surface area contributed by atoms with E-state index in [4.69, 9.17) is 22.5 Å². The number of hydrogen-bond donors (Lipinski definition) is 3. The number of aliphatic hydroxyl groups excluding tert-OH is 1. The van der Waals surface area contributed by atoms with Crippen LogP contribution in [0.4, 0.5) is 5.69 Å². The van der Waals surface area contributed by atoms with Crippen LogP contribution >= 0.6 is 11.6 Å². The molecule has 0 radical (unpaired) electrons. The standard InChI is InChI=1S/C12H18ClN3O2/c1-12(2,7-17)16(3)10-5-4-8(6-9(10)13)11(14)15-18/h4-6,17-18H,7H2,1-3H3,(H2,14,15). The zero-order valence-corrected chi connectivity index (χ0v) is 11.4.